The molecule has 2 N–H and O–H groups in total. The van der Waals surface area contributed by atoms with E-state index >= 15 is 0 Å². The van der Waals surface area contributed by atoms with E-state index in [0.717, 1.165) is 12.8 Å². The molecule has 0 amide bonds. The lowest BCUT2D eigenvalue weighted by molar-refractivity contribution is 0.0137. The van der Waals surface area contributed by atoms with Gasteiger partial charge in [0.25, 0.3) is 0 Å². The maximum Gasteiger partial charge on any atom is 0.112 e. The first-order valence-electron chi connectivity index (χ1n) is 4.18. The van der Waals surface area contributed by atoms with E-state index in [-0.39, 0.29) is 12.2 Å². The molecule has 11 heavy (non-hydrogen) atoms. The lowest BCUT2D eigenvalue weighted by atomic mass is 10.1. The molecule has 1 heterocycles. The minimum Gasteiger partial charge on any atom is -0.391 e. The fraction of sp³-hybridized carbons (Fsp3) is 1.00. The highest BCUT2D eigenvalue weighted by Crippen LogP contribution is 2.30. The molecule has 0 aromatic heterocycles. The minimum atomic E-state index is -0.702. The monoisotopic (exact) mass is 160 g/mol. The van der Waals surface area contributed by atoms with Crippen molar-refractivity contribution in [1.82, 2.24) is 0 Å². The third kappa shape index (κ3) is 2.15. The number of ether oxygens (including phenoxy) is 1. The molecule has 0 spiro atoms. The summed E-state index contributed by atoms with van der Waals surface area (Å²) in [5, 5.41) is 18.3. The lowest BCUT2D eigenvalue weighted by Crippen LogP contribution is -2.29. The van der Waals surface area contributed by atoms with Gasteiger partial charge in [-0.1, -0.05) is 13.3 Å². The Balaban J connectivity index is 2.20. The van der Waals surface area contributed by atoms with Crippen LogP contribution < -0.4 is 0 Å². The van der Waals surface area contributed by atoms with Crippen molar-refractivity contribution in [3.63, 3.8) is 0 Å². The Morgan fingerprint density at radius 1 is 1.45 bits per heavy atom. The molecule has 1 aliphatic heterocycles. The first-order valence-corrected chi connectivity index (χ1v) is 4.18. The van der Waals surface area contributed by atoms with Crippen LogP contribution in [0, 0.1) is 0 Å². The summed E-state index contributed by atoms with van der Waals surface area (Å²) in [6.07, 6.45) is 0.732. The summed E-state index contributed by atoms with van der Waals surface area (Å²) in [6, 6.07) is 0. The smallest absolute Gasteiger partial charge is 0.112 e. The fourth-order valence-corrected chi connectivity index (χ4v) is 1.25. The van der Waals surface area contributed by atoms with Gasteiger partial charge in [0.05, 0.1) is 12.2 Å². The van der Waals surface area contributed by atoms with E-state index in [0.29, 0.717) is 0 Å². The van der Waals surface area contributed by atoms with Crippen molar-refractivity contribution in [1.29, 1.82) is 0 Å². The molecule has 0 aromatic carbocycles. The molecule has 0 bridgehead atoms. The molecule has 3 heteroatoms. The molecule has 3 nitrogen and oxygen atoms in total. The van der Waals surface area contributed by atoms with Crippen molar-refractivity contribution in [3.05, 3.63) is 0 Å². The fourth-order valence-electron chi connectivity index (χ4n) is 1.25. The van der Waals surface area contributed by atoms with Crippen molar-refractivity contribution >= 4 is 0 Å². The van der Waals surface area contributed by atoms with E-state index < -0.39 is 12.2 Å². The molecule has 4 atom stereocenters. The van der Waals surface area contributed by atoms with Crippen LogP contribution in [0.3, 0.4) is 0 Å². The Morgan fingerprint density at radius 2 is 2.09 bits per heavy atom. The Hall–Kier alpha value is -0.120. The SMILES string of the molecule is CCC[C@@H]1O[C@H]1[C@@H](O)[C@@H](C)O. The zero-order valence-electron chi connectivity index (χ0n) is 7.03. The number of aliphatic hydroxyl groups excluding tert-OH is 2. The van der Waals surface area contributed by atoms with Crippen LogP contribution in [-0.4, -0.2) is 34.6 Å². The standard InChI is InChI=1S/C8H16O3/c1-3-4-6-8(11-6)7(10)5(2)9/h5-10H,3-4H2,1-2H3/t5-,6+,7+,8-/m1/s1. The van der Waals surface area contributed by atoms with Gasteiger partial charge < -0.3 is 14.9 Å². The van der Waals surface area contributed by atoms with Gasteiger partial charge in [-0.05, 0) is 13.3 Å². The van der Waals surface area contributed by atoms with Gasteiger partial charge in [0.1, 0.15) is 12.2 Å². The summed E-state index contributed by atoms with van der Waals surface area (Å²) in [4.78, 5) is 0. The van der Waals surface area contributed by atoms with Gasteiger partial charge in [0.15, 0.2) is 0 Å². The maximum atomic E-state index is 9.29. The summed E-state index contributed by atoms with van der Waals surface area (Å²) >= 11 is 0. The highest BCUT2D eigenvalue weighted by atomic mass is 16.6. The van der Waals surface area contributed by atoms with Crippen molar-refractivity contribution < 1.29 is 14.9 Å². The van der Waals surface area contributed by atoms with Crippen LogP contribution in [0.5, 0.6) is 0 Å². The van der Waals surface area contributed by atoms with Crippen molar-refractivity contribution in [2.24, 2.45) is 0 Å². The van der Waals surface area contributed by atoms with Gasteiger partial charge in [-0.3, -0.25) is 0 Å². The van der Waals surface area contributed by atoms with Crippen LogP contribution in [0.15, 0.2) is 0 Å². The molecule has 0 aromatic rings. The minimum absolute atomic E-state index is 0.116. The first-order chi connectivity index (χ1) is 5.16. The van der Waals surface area contributed by atoms with E-state index in [9.17, 15) is 5.11 Å². The van der Waals surface area contributed by atoms with Gasteiger partial charge in [-0.15, -0.1) is 0 Å². The molecule has 1 fully saturated rings. The van der Waals surface area contributed by atoms with Crippen LogP contribution in [0.2, 0.25) is 0 Å². The third-order valence-electron chi connectivity index (χ3n) is 2.03. The molecule has 0 radical (unpaired) electrons. The normalized spacial score (nSPS) is 34.9. The Morgan fingerprint density at radius 3 is 2.55 bits per heavy atom. The number of hydrogen-bond acceptors (Lipinski definition) is 3. The highest BCUT2D eigenvalue weighted by Gasteiger charge is 2.44. The summed E-state index contributed by atoms with van der Waals surface area (Å²) in [5.74, 6) is 0. The average Bonchev–Trinajstić information content (AvgIpc) is 2.67. The molecule has 1 saturated heterocycles. The highest BCUT2D eigenvalue weighted by molar-refractivity contribution is 4.92. The van der Waals surface area contributed by atoms with Crippen LogP contribution in [0.1, 0.15) is 26.7 Å². The number of aliphatic hydroxyl groups is 2. The molecular weight excluding hydrogens is 144 g/mol. The van der Waals surface area contributed by atoms with E-state index in [1.165, 1.54) is 0 Å². The van der Waals surface area contributed by atoms with E-state index in [1.807, 2.05) is 0 Å². The van der Waals surface area contributed by atoms with Gasteiger partial charge >= 0.3 is 0 Å². The molecule has 0 saturated carbocycles. The Labute approximate surface area is 67.0 Å². The molecule has 0 unspecified atom stereocenters. The number of epoxide rings is 1. The molecule has 1 rings (SSSR count). The van der Waals surface area contributed by atoms with Crippen LogP contribution >= 0.6 is 0 Å². The van der Waals surface area contributed by atoms with Crippen molar-refractivity contribution in [3.8, 4) is 0 Å². The molecule has 1 aliphatic rings. The first kappa shape index (κ1) is 8.97. The molecule has 66 valence electrons. The Kier molecular flexibility index (Phi) is 2.87. The maximum absolute atomic E-state index is 9.29. The van der Waals surface area contributed by atoms with Gasteiger partial charge in [0.2, 0.25) is 0 Å². The third-order valence-corrected chi connectivity index (χ3v) is 2.03. The van der Waals surface area contributed by atoms with Gasteiger partial charge in [0, 0.05) is 0 Å². The van der Waals surface area contributed by atoms with E-state index in [2.05, 4.69) is 6.92 Å². The van der Waals surface area contributed by atoms with Crippen LogP contribution in [0.25, 0.3) is 0 Å². The molecular formula is C8H16O3. The predicted octanol–water partition coefficient (Wildman–Crippen LogP) is 0.296. The average molecular weight is 160 g/mol. The zero-order valence-corrected chi connectivity index (χ0v) is 7.03. The van der Waals surface area contributed by atoms with Crippen molar-refractivity contribution in [2.45, 2.75) is 51.1 Å². The molecule has 0 aliphatic carbocycles. The van der Waals surface area contributed by atoms with Crippen molar-refractivity contribution in [2.75, 3.05) is 0 Å². The number of rotatable bonds is 4. The van der Waals surface area contributed by atoms with Crippen LogP contribution in [-0.2, 0) is 4.74 Å². The number of hydrogen-bond donors (Lipinski definition) is 2. The van der Waals surface area contributed by atoms with Crippen LogP contribution in [0.4, 0.5) is 0 Å². The quantitative estimate of drug-likeness (QED) is 0.581. The Bertz CT molecular complexity index is 125. The summed E-state index contributed by atoms with van der Waals surface area (Å²) in [6.45, 7) is 3.66. The lowest BCUT2D eigenvalue weighted by Gasteiger charge is -2.09. The zero-order chi connectivity index (χ0) is 8.43. The predicted molar refractivity (Wildman–Crippen MR) is 41.3 cm³/mol. The van der Waals surface area contributed by atoms with E-state index in [4.69, 9.17) is 9.84 Å². The summed E-state index contributed by atoms with van der Waals surface area (Å²) in [7, 11) is 0. The second-order valence-corrected chi connectivity index (χ2v) is 3.16. The van der Waals surface area contributed by atoms with Gasteiger partial charge in [-0.2, -0.15) is 0 Å². The second kappa shape index (κ2) is 3.52. The topological polar surface area (TPSA) is 53.0 Å². The largest absolute Gasteiger partial charge is 0.391 e. The van der Waals surface area contributed by atoms with E-state index in [1.54, 1.807) is 6.92 Å². The summed E-state index contributed by atoms with van der Waals surface area (Å²) in [5.41, 5.74) is 0. The summed E-state index contributed by atoms with van der Waals surface area (Å²) < 4.78 is 5.17. The van der Waals surface area contributed by atoms with Gasteiger partial charge in [-0.25, -0.2) is 0 Å². The second-order valence-electron chi connectivity index (χ2n) is 3.16.